The van der Waals surface area contributed by atoms with Gasteiger partial charge >= 0.3 is 7.60 Å². The summed E-state index contributed by atoms with van der Waals surface area (Å²) in [6.45, 7) is 11.0. The Balaban J connectivity index is 4.30. The summed E-state index contributed by atoms with van der Waals surface area (Å²) in [6.07, 6.45) is 4.06. The molecule has 0 fully saturated rings. The lowest BCUT2D eigenvalue weighted by Gasteiger charge is -2.19. The first-order valence-electron chi connectivity index (χ1n) is 5.89. The first kappa shape index (κ1) is 15.9. The van der Waals surface area contributed by atoms with Gasteiger partial charge in [0.1, 0.15) is 0 Å². The Bertz CT molecular complexity index is 231. The van der Waals surface area contributed by atoms with E-state index in [4.69, 9.17) is 9.05 Å². The maximum atomic E-state index is 12.3. The molecule has 0 radical (unpaired) electrons. The Morgan fingerprint density at radius 1 is 1.06 bits per heavy atom. The number of rotatable bonds is 8. The Labute approximate surface area is 99.8 Å². The van der Waals surface area contributed by atoms with E-state index < -0.39 is 7.60 Å². The monoisotopic (exact) mass is 248 g/mol. The molecule has 0 aromatic rings. The van der Waals surface area contributed by atoms with E-state index in [0.717, 1.165) is 0 Å². The quantitative estimate of drug-likeness (QED) is 0.479. The van der Waals surface area contributed by atoms with Crippen LogP contribution >= 0.6 is 7.60 Å². The minimum Gasteiger partial charge on any atom is -0.308 e. The average molecular weight is 248 g/mol. The molecule has 96 valence electrons. The zero-order valence-electron chi connectivity index (χ0n) is 11.1. The van der Waals surface area contributed by atoms with Gasteiger partial charge in [-0.05, 0) is 18.8 Å². The van der Waals surface area contributed by atoms with Crippen molar-refractivity contribution in [2.75, 3.05) is 19.4 Å². The number of hydrogen-bond donors (Lipinski definition) is 0. The van der Waals surface area contributed by atoms with Gasteiger partial charge in [-0.15, -0.1) is 0 Å². The van der Waals surface area contributed by atoms with Gasteiger partial charge in [0.25, 0.3) is 0 Å². The van der Waals surface area contributed by atoms with Crippen LogP contribution in [0.4, 0.5) is 0 Å². The van der Waals surface area contributed by atoms with Crippen LogP contribution in [0.3, 0.4) is 0 Å². The van der Waals surface area contributed by atoms with Gasteiger partial charge in [0, 0.05) is 0 Å². The normalized spacial score (nSPS) is 13.2. The summed E-state index contributed by atoms with van der Waals surface area (Å²) in [7, 11) is -2.93. The van der Waals surface area contributed by atoms with Crippen LogP contribution in [-0.4, -0.2) is 19.4 Å². The molecule has 0 N–H and O–H groups in total. The third kappa shape index (κ3) is 8.09. The summed E-state index contributed by atoms with van der Waals surface area (Å²) in [6, 6.07) is 0. The van der Waals surface area contributed by atoms with Crippen LogP contribution in [0, 0.1) is 11.8 Å². The first-order valence-corrected chi connectivity index (χ1v) is 7.61. The molecule has 4 heteroatoms. The second-order valence-corrected chi connectivity index (χ2v) is 6.85. The third-order valence-electron chi connectivity index (χ3n) is 1.77. The van der Waals surface area contributed by atoms with Gasteiger partial charge in [-0.3, -0.25) is 4.57 Å². The highest BCUT2D eigenvalue weighted by molar-refractivity contribution is 7.54. The van der Waals surface area contributed by atoms with E-state index in [2.05, 4.69) is 0 Å². The van der Waals surface area contributed by atoms with Gasteiger partial charge in [0.05, 0.1) is 19.4 Å². The highest BCUT2D eigenvalue weighted by Crippen LogP contribution is 2.48. The number of allylic oxidation sites excluding steroid dienone is 2. The van der Waals surface area contributed by atoms with Crippen molar-refractivity contribution in [1.82, 2.24) is 0 Å². The van der Waals surface area contributed by atoms with Gasteiger partial charge in [-0.25, -0.2) is 0 Å². The van der Waals surface area contributed by atoms with E-state index in [0.29, 0.717) is 31.2 Å². The molecule has 0 bridgehead atoms. The van der Waals surface area contributed by atoms with Gasteiger partial charge in [-0.2, -0.15) is 0 Å². The molecule has 0 unspecified atom stereocenters. The fraction of sp³-hybridized carbons (Fsp3) is 0.833. The predicted octanol–water partition coefficient (Wildman–Crippen LogP) is 4.10. The smallest absolute Gasteiger partial charge is 0.308 e. The molecule has 3 nitrogen and oxygen atoms in total. The topological polar surface area (TPSA) is 35.5 Å². The second-order valence-electron chi connectivity index (χ2n) is 4.74. The number of hydrogen-bond acceptors (Lipinski definition) is 3. The summed E-state index contributed by atoms with van der Waals surface area (Å²) in [5, 5.41) is 0. The van der Waals surface area contributed by atoms with Crippen molar-refractivity contribution in [3.63, 3.8) is 0 Å². The summed E-state index contributed by atoms with van der Waals surface area (Å²) >= 11 is 0. The van der Waals surface area contributed by atoms with Gasteiger partial charge in [0.2, 0.25) is 0 Å². The molecule has 0 atom stereocenters. The van der Waals surface area contributed by atoms with Gasteiger partial charge in [0.15, 0.2) is 0 Å². The molecule has 0 amide bonds. The fourth-order valence-corrected chi connectivity index (χ4v) is 2.71. The molecule has 0 spiro atoms. The standard InChI is InChI=1S/C12H25O3P/c1-6-7-8-16(13,14-9-11(2)3)15-10-12(4)5/h6-7,11-12H,8-10H2,1-5H3/b7-6+. The summed E-state index contributed by atoms with van der Waals surface area (Å²) in [5.74, 6) is 0.725. The zero-order valence-corrected chi connectivity index (χ0v) is 12.0. The van der Waals surface area contributed by atoms with E-state index in [-0.39, 0.29) is 0 Å². The van der Waals surface area contributed by atoms with E-state index in [1.165, 1.54) is 0 Å². The molecule has 16 heavy (non-hydrogen) atoms. The lowest BCUT2D eigenvalue weighted by molar-refractivity contribution is 0.175. The van der Waals surface area contributed by atoms with Crippen LogP contribution < -0.4 is 0 Å². The first-order chi connectivity index (χ1) is 7.39. The largest absolute Gasteiger partial charge is 0.334 e. The van der Waals surface area contributed by atoms with Crippen molar-refractivity contribution in [3.05, 3.63) is 12.2 Å². The molecule has 0 heterocycles. The lowest BCUT2D eigenvalue weighted by Crippen LogP contribution is -2.07. The Hall–Kier alpha value is -0.110. The van der Waals surface area contributed by atoms with Crippen LogP contribution in [0.15, 0.2) is 12.2 Å². The molecule has 0 rings (SSSR count). The van der Waals surface area contributed by atoms with Crippen molar-refractivity contribution >= 4 is 7.60 Å². The fourth-order valence-electron chi connectivity index (χ4n) is 0.902. The van der Waals surface area contributed by atoms with Crippen molar-refractivity contribution < 1.29 is 13.6 Å². The molecule has 0 saturated heterocycles. The molecule has 0 aliphatic heterocycles. The third-order valence-corrected chi connectivity index (χ3v) is 3.52. The molecule has 0 aliphatic rings. The Morgan fingerprint density at radius 3 is 1.81 bits per heavy atom. The van der Waals surface area contributed by atoms with Crippen LogP contribution in [0.25, 0.3) is 0 Å². The van der Waals surface area contributed by atoms with Crippen LogP contribution in [-0.2, 0) is 13.6 Å². The second kappa shape index (κ2) is 8.05. The van der Waals surface area contributed by atoms with Crippen LogP contribution in [0.5, 0.6) is 0 Å². The van der Waals surface area contributed by atoms with Crippen LogP contribution in [0.2, 0.25) is 0 Å². The van der Waals surface area contributed by atoms with E-state index >= 15 is 0 Å². The average Bonchev–Trinajstić information content (AvgIpc) is 2.21. The van der Waals surface area contributed by atoms with E-state index in [1.807, 2.05) is 46.8 Å². The Kier molecular flexibility index (Phi) is 8.00. The maximum absolute atomic E-state index is 12.3. The highest BCUT2D eigenvalue weighted by atomic mass is 31.2. The SMILES string of the molecule is C/C=C/CP(=O)(OCC(C)C)OCC(C)C. The van der Waals surface area contributed by atoms with Gasteiger partial charge < -0.3 is 9.05 Å². The molecule has 0 aromatic heterocycles. The van der Waals surface area contributed by atoms with Crippen molar-refractivity contribution in [1.29, 1.82) is 0 Å². The minimum absolute atomic E-state index is 0.363. The molecule has 0 saturated carbocycles. The molecule has 0 aliphatic carbocycles. The summed E-state index contributed by atoms with van der Waals surface area (Å²) in [5.41, 5.74) is 0. The summed E-state index contributed by atoms with van der Waals surface area (Å²) < 4.78 is 23.1. The molecular weight excluding hydrogens is 223 g/mol. The van der Waals surface area contributed by atoms with E-state index in [1.54, 1.807) is 0 Å². The molecule has 0 aromatic carbocycles. The van der Waals surface area contributed by atoms with Crippen LogP contribution in [0.1, 0.15) is 34.6 Å². The maximum Gasteiger partial charge on any atom is 0.334 e. The Morgan fingerprint density at radius 2 is 1.50 bits per heavy atom. The van der Waals surface area contributed by atoms with Crippen molar-refractivity contribution in [2.24, 2.45) is 11.8 Å². The lowest BCUT2D eigenvalue weighted by atomic mass is 10.2. The molecular formula is C12H25O3P. The summed E-state index contributed by atoms with van der Waals surface area (Å²) in [4.78, 5) is 0. The van der Waals surface area contributed by atoms with E-state index in [9.17, 15) is 4.57 Å². The minimum atomic E-state index is -2.93. The van der Waals surface area contributed by atoms with Crippen molar-refractivity contribution in [3.8, 4) is 0 Å². The highest BCUT2D eigenvalue weighted by Gasteiger charge is 2.23. The van der Waals surface area contributed by atoms with Crippen molar-refractivity contribution in [2.45, 2.75) is 34.6 Å². The predicted molar refractivity (Wildman–Crippen MR) is 68.9 cm³/mol. The van der Waals surface area contributed by atoms with Gasteiger partial charge in [-0.1, -0.05) is 39.8 Å². The zero-order chi connectivity index (χ0) is 12.6.